The monoisotopic (exact) mass is 295 g/mol. The van der Waals surface area contributed by atoms with Crippen molar-refractivity contribution in [1.82, 2.24) is 9.97 Å². The van der Waals surface area contributed by atoms with Gasteiger partial charge in [0.15, 0.2) is 0 Å². The average Bonchev–Trinajstić information content (AvgIpc) is 2.32. The Labute approximate surface area is 123 Å². The summed E-state index contributed by atoms with van der Waals surface area (Å²) >= 11 is 12.0. The predicted molar refractivity (Wildman–Crippen MR) is 80.6 cm³/mol. The largest absolute Gasteiger partial charge is 0.340 e. The SMILES string of the molecule is Cc1cc(Cl)ccc1Nc1cc(Cl)nc(C(C)C)n1. The van der Waals surface area contributed by atoms with Crippen molar-refractivity contribution in [3.8, 4) is 0 Å². The first-order chi connectivity index (χ1) is 8.95. The number of hydrogen-bond acceptors (Lipinski definition) is 3. The van der Waals surface area contributed by atoms with Crippen molar-refractivity contribution in [2.24, 2.45) is 0 Å². The van der Waals surface area contributed by atoms with E-state index in [0.29, 0.717) is 16.0 Å². The van der Waals surface area contributed by atoms with Gasteiger partial charge in [-0.1, -0.05) is 37.0 Å². The number of nitrogens with zero attached hydrogens (tertiary/aromatic N) is 2. The summed E-state index contributed by atoms with van der Waals surface area (Å²) in [5, 5.41) is 4.39. The number of nitrogens with one attached hydrogen (secondary N) is 1. The maximum Gasteiger partial charge on any atom is 0.135 e. The number of aromatic nitrogens is 2. The highest BCUT2D eigenvalue weighted by Gasteiger charge is 2.08. The highest BCUT2D eigenvalue weighted by molar-refractivity contribution is 6.30. The molecule has 0 aliphatic carbocycles. The van der Waals surface area contributed by atoms with Crippen LogP contribution in [0.3, 0.4) is 0 Å². The van der Waals surface area contributed by atoms with Crippen molar-refractivity contribution in [2.75, 3.05) is 5.32 Å². The van der Waals surface area contributed by atoms with Crippen molar-refractivity contribution in [3.63, 3.8) is 0 Å². The van der Waals surface area contributed by atoms with Gasteiger partial charge in [-0.3, -0.25) is 0 Å². The molecule has 0 aliphatic heterocycles. The van der Waals surface area contributed by atoms with Gasteiger partial charge in [-0.15, -0.1) is 0 Å². The molecule has 0 amide bonds. The van der Waals surface area contributed by atoms with Crippen LogP contribution < -0.4 is 5.32 Å². The lowest BCUT2D eigenvalue weighted by atomic mass is 10.2. The van der Waals surface area contributed by atoms with E-state index in [9.17, 15) is 0 Å². The maximum atomic E-state index is 6.01. The molecule has 0 atom stereocenters. The number of anilines is 2. The number of benzene rings is 1. The summed E-state index contributed by atoms with van der Waals surface area (Å²) in [5.41, 5.74) is 2.00. The smallest absolute Gasteiger partial charge is 0.135 e. The predicted octanol–water partition coefficient (Wildman–Crippen LogP) is 4.96. The Kier molecular flexibility index (Phi) is 4.27. The van der Waals surface area contributed by atoms with Crippen LogP contribution in [0, 0.1) is 6.92 Å². The molecule has 0 fully saturated rings. The quantitative estimate of drug-likeness (QED) is 0.813. The first kappa shape index (κ1) is 14.1. The third kappa shape index (κ3) is 3.58. The van der Waals surface area contributed by atoms with E-state index in [4.69, 9.17) is 23.2 Å². The topological polar surface area (TPSA) is 37.8 Å². The van der Waals surface area contributed by atoms with Gasteiger partial charge in [0.2, 0.25) is 0 Å². The second kappa shape index (κ2) is 5.76. The summed E-state index contributed by atoms with van der Waals surface area (Å²) in [7, 11) is 0. The molecule has 1 heterocycles. The summed E-state index contributed by atoms with van der Waals surface area (Å²) in [5.74, 6) is 1.64. The minimum absolute atomic E-state index is 0.227. The Morgan fingerprint density at radius 2 is 1.84 bits per heavy atom. The van der Waals surface area contributed by atoms with E-state index in [1.165, 1.54) is 0 Å². The highest BCUT2D eigenvalue weighted by Crippen LogP contribution is 2.24. The fourth-order valence-corrected chi connectivity index (χ4v) is 2.08. The van der Waals surface area contributed by atoms with E-state index in [-0.39, 0.29) is 5.92 Å². The Bertz CT molecular complexity index is 597. The van der Waals surface area contributed by atoms with Crippen LogP contribution in [-0.4, -0.2) is 9.97 Å². The van der Waals surface area contributed by atoms with E-state index >= 15 is 0 Å². The number of aryl methyl sites for hydroxylation is 1. The van der Waals surface area contributed by atoms with Gasteiger partial charge in [-0.05, 0) is 30.7 Å². The van der Waals surface area contributed by atoms with Gasteiger partial charge in [0.25, 0.3) is 0 Å². The molecule has 2 aromatic rings. The fourth-order valence-electron chi connectivity index (χ4n) is 1.66. The van der Waals surface area contributed by atoms with Gasteiger partial charge < -0.3 is 5.32 Å². The van der Waals surface area contributed by atoms with Crippen molar-refractivity contribution in [3.05, 3.63) is 45.8 Å². The van der Waals surface area contributed by atoms with Crippen LogP contribution in [0.4, 0.5) is 11.5 Å². The lowest BCUT2D eigenvalue weighted by Crippen LogP contribution is -2.02. The molecule has 1 aromatic carbocycles. The molecule has 0 radical (unpaired) electrons. The fraction of sp³-hybridized carbons (Fsp3) is 0.286. The van der Waals surface area contributed by atoms with E-state index in [1.807, 2.05) is 39.0 Å². The lowest BCUT2D eigenvalue weighted by Gasteiger charge is -2.11. The Morgan fingerprint density at radius 1 is 1.11 bits per heavy atom. The normalized spacial score (nSPS) is 10.8. The third-order valence-corrected chi connectivity index (χ3v) is 3.11. The summed E-state index contributed by atoms with van der Waals surface area (Å²) in [6.45, 7) is 6.05. The van der Waals surface area contributed by atoms with Gasteiger partial charge >= 0.3 is 0 Å². The summed E-state index contributed by atoms with van der Waals surface area (Å²) in [6.07, 6.45) is 0. The van der Waals surface area contributed by atoms with Crippen LogP contribution in [0.25, 0.3) is 0 Å². The van der Waals surface area contributed by atoms with Crippen LogP contribution in [0.2, 0.25) is 10.2 Å². The first-order valence-corrected chi connectivity index (χ1v) is 6.79. The summed E-state index contributed by atoms with van der Waals surface area (Å²) < 4.78 is 0. The zero-order valence-electron chi connectivity index (χ0n) is 11.0. The van der Waals surface area contributed by atoms with Gasteiger partial charge in [-0.2, -0.15) is 0 Å². The van der Waals surface area contributed by atoms with Crippen molar-refractivity contribution in [1.29, 1.82) is 0 Å². The molecule has 0 saturated heterocycles. The van der Waals surface area contributed by atoms with Crippen LogP contribution in [-0.2, 0) is 0 Å². The van der Waals surface area contributed by atoms with Crippen LogP contribution in [0.1, 0.15) is 31.2 Å². The first-order valence-electron chi connectivity index (χ1n) is 6.03. The van der Waals surface area contributed by atoms with E-state index in [1.54, 1.807) is 6.07 Å². The molecule has 19 heavy (non-hydrogen) atoms. The van der Waals surface area contributed by atoms with E-state index in [2.05, 4.69) is 15.3 Å². The lowest BCUT2D eigenvalue weighted by molar-refractivity contribution is 0.776. The molecule has 3 nitrogen and oxygen atoms in total. The molecule has 100 valence electrons. The molecule has 0 bridgehead atoms. The van der Waals surface area contributed by atoms with Gasteiger partial charge in [0.05, 0.1) is 0 Å². The summed E-state index contributed by atoms with van der Waals surface area (Å²) in [4.78, 5) is 8.66. The average molecular weight is 296 g/mol. The van der Waals surface area contributed by atoms with Crippen LogP contribution in [0.5, 0.6) is 0 Å². The van der Waals surface area contributed by atoms with E-state index in [0.717, 1.165) is 17.1 Å². The summed E-state index contributed by atoms with van der Waals surface area (Å²) in [6, 6.07) is 7.36. The molecular weight excluding hydrogens is 281 g/mol. The number of hydrogen-bond donors (Lipinski definition) is 1. The van der Waals surface area contributed by atoms with Crippen molar-refractivity contribution >= 4 is 34.7 Å². The molecule has 1 N–H and O–H groups in total. The minimum atomic E-state index is 0.227. The third-order valence-electron chi connectivity index (χ3n) is 2.68. The molecule has 0 spiro atoms. The van der Waals surface area contributed by atoms with Gasteiger partial charge in [-0.25, -0.2) is 9.97 Å². The zero-order valence-corrected chi connectivity index (χ0v) is 12.5. The number of halogens is 2. The number of rotatable bonds is 3. The van der Waals surface area contributed by atoms with Gasteiger partial charge in [0, 0.05) is 22.7 Å². The zero-order chi connectivity index (χ0) is 14.0. The highest BCUT2D eigenvalue weighted by atomic mass is 35.5. The van der Waals surface area contributed by atoms with Crippen molar-refractivity contribution in [2.45, 2.75) is 26.7 Å². The Hall–Kier alpha value is -1.32. The molecular formula is C14H15Cl2N3. The minimum Gasteiger partial charge on any atom is -0.340 e. The van der Waals surface area contributed by atoms with Crippen LogP contribution >= 0.6 is 23.2 Å². The van der Waals surface area contributed by atoms with E-state index < -0.39 is 0 Å². The molecule has 0 aliphatic rings. The van der Waals surface area contributed by atoms with Crippen molar-refractivity contribution < 1.29 is 0 Å². The van der Waals surface area contributed by atoms with Crippen LogP contribution in [0.15, 0.2) is 24.3 Å². The Morgan fingerprint density at radius 3 is 2.47 bits per heavy atom. The second-order valence-corrected chi connectivity index (χ2v) is 5.50. The Balaban J connectivity index is 2.32. The molecule has 0 unspecified atom stereocenters. The molecule has 1 aromatic heterocycles. The standard InChI is InChI=1S/C14H15Cl2N3/c1-8(2)14-18-12(16)7-13(19-14)17-11-5-4-10(15)6-9(11)3/h4-8H,1-3H3,(H,17,18,19). The molecule has 5 heteroatoms. The van der Waals surface area contributed by atoms with Gasteiger partial charge in [0.1, 0.15) is 16.8 Å². The molecule has 2 rings (SSSR count). The second-order valence-electron chi connectivity index (χ2n) is 4.67. The molecule has 0 saturated carbocycles. The maximum absolute atomic E-state index is 6.01.